The fourth-order valence-electron chi connectivity index (χ4n) is 1.82. The van der Waals surface area contributed by atoms with Gasteiger partial charge in [-0.25, -0.2) is 0 Å². The van der Waals surface area contributed by atoms with E-state index in [0.717, 1.165) is 49.3 Å². The molecule has 0 aliphatic rings. The van der Waals surface area contributed by atoms with E-state index in [1.165, 1.54) is 5.56 Å². The van der Waals surface area contributed by atoms with E-state index in [4.69, 9.17) is 9.47 Å². The number of alkyl halides is 1. The van der Waals surface area contributed by atoms with Crippen LogP contribution in [0, 0.1) is 0 Å². The molecule has 1 aromatic rings. The Morgan fingerprint density at radius 1 is 1.05 bits per heavy atom. The van der Waals surface area contributed by atoms with Crippen LogP contribution in [0.25, 0.3) is 0 Å². The predicted molar refractivity (Wildman–Crippen MR) is 84.8 cm³/mol. The molecule has 2 nitrogen and oxygen atoms in total. The highest BCUT2D eigenvalue weighted by Gasteiger charge is 2.11. The Balaban J connectivity index is 2.86. The lowest BCUT2D eigenvalue weighted by Gasteiger charge is -2.16. The van der Waals surface area contributed by atoms with Gasteiger partial charge in [-0.3, -0.25) is 0 Å². The van der Waals surface area contributed by atoms with Gasteiger partial charge in [-0.15, -0.1) is 0 Å². The van der Waals surface area contributed by atoms with E-state index in [2.05, 4.69) is 48.8 Å². The SMILES string of the molecule is CCCOc1ccc(C(C)CCBr)cc1OCCC. The molecule has 0 amide bonds. The van der Waals surface area contributed by atoms with Crippen molar-refractivity contribution in [3.8, 4) is 11.5 Å². The molecule has 0 saturated heterocycles. The fourth-order valence-corrected chi connectivity index (χ4v) is 2.50. The lowest BCUT2D eigenvalue weighted by Crippen LogP contribution is -2.03. The number of halogens is 1. The van der Waals surface area contributed by atoms with Crippen LogP contribution in [0.15, 0.2) is 18.2 Å². The van der Waals surface area contributed by atoms with Crippen molar-refractivity contribution >= 4 is 15.9 Å². The Hall–Kier alpha value is -0.700. The Kier molecular flexibility index (Phi) is 7.96. The first-order valence-corrected chi connectivity index (χ1v) is 8.30. The molecule has 1 rings (SSSR count). The Bertz CT molecular complexity index is 366. The van der Waals surface area contributed by atoms with Crippen molar-refractivity contribution in [1.29, 1.82) is 0 Å². The maximum atomic E-state index is 5.82. The molecule has 0 aliphatic carbocycles. The van der Waals surface area contributed by atoms with Gasteiger partial charge in [0.2, 0.25) is 0 Å². The zero-order chi connectivity index (χ0) is 14.1. The van der Waals surface area contributed by atoms with Crippen LogP contribution < -0.4 is 9.47 Å². The van der Waals surface area contributed by atoms with Gasteiger partial charge in [-0.1, -0.05) is 42.8 Å². The maximum absolute atomic E-state index is 5.82. The molecular weight excluding hydrogens is 304 g/mol. The van der Waals surface area contributed by atoms with Gasteiger partial charge >= 0.3 is 0 Å². The van der Waals surface area contributed by atoms with E-state index >= 15 is 0 Å². The van der Waals surface area contributed by atoms with E-state index < -0.39 is 0 Å². The van der Waals surface area contributed by atoms with Crippen molar-refractivity contribution in [2.75, 3.05) is 18.5 Å². The molecule has 0 fully saturated rings. The van der Waals surface area contributed by atoms with Gasteiger partial charge in [-0.05, 0) is 42.9 Å². The second kappa shape index (κ2) is 9.24. The first-order chi connectivity index (χ1) is 9.22. The largest absolute Gasteiger partial charge is 0.490 e. The Morgan fingerprint density at radius 3 is 2.26 bits per heavy atom. The predicted octanol–water partition coefficient (Wildman–Crippen LogP) is 5.15. The summed E-state index contributed by atoms with van der Waals surface area (Å²) in [6.45, 7) is 7.94. The molecule has 19 heavy (non-hydrogen) atoms. The summed E-state index contributed by atoms with van der Waals surface area (Å²) in [4.78, 5) is 0. The zero-order valence-electron chi connectivity index (χ0n) is 12.2. The van der Waals surface area contributed by atoms with Crippen molar-refractivity contribution in [2.45, 2.75) is 46.0 Å². The van der Waals surface area contributed by atoms with Crippen molar-refractivity contribution in [3.63, 3.8) is 0 Å². The summed E-state index contributed by atoms with van der Waals surface area (Å²) >= 11 is 3.50. The van der Waals surface area contributed by atoms with Gasteiger partial charge in [-0.2, -0.15) is 0 Å². The molecule has 108 valence electrons. The monoisotopic (exact) mass is 328 g/mol. The smallest absolute Gasteiger partial charge is 0.161 e. The van der Waals surface area contributed by atoms with Gasteiger partial charge in [0.05, 0.1) is 13.2 Å². The minimum atomic E-state index is 0.531. The summed E-state index contributed by atoms with van der Waals surface area (Å²) in [7, 11) is 0. The molecule has 1 unspecified atom stereocenters. The molecule has 0 heterocycles. The molecule has 0 N–H and O–H groups in total. The van der Waals surface area contributed by atoms with E-state index in [-0.39, 0.29) is 0 Å². The summed E-state index contributed by atoms with van der Waals surface area (Å²) in [6, 6.07) is 6.33. The van der Waals surface area contributed by atoms with Crippen LogP contribution in [0.5, 0.6) is 11.5 Å². The van der Waals surface area contributed by atoms with E-state index in [1.807, 2.05) is 6.07 Å². The van der Waals surface area contributed by atoms with E-state index in [1.54, 1.807) is 0 Å². The van der Waals surface area contributed by atoms with Crippen molar-refractivity contribution < 1.29 is 9.47 Å². The number of hydrogen-bond acceptors (Lipinski definition) is 2. The van der Waals surface area contributed by atoms with Gasteiger partial charge in [0.15, 0.2) is 11.5 Å². The minimum Gasteiger partial charge on any atom is -0.490 e. The average Bonchev–Trinajstić information content (AvgIpc) is 2.43. The third-order valence-corrected chi connectivity index (χ3v) is 3.46. The van der Waals surface area contributed by atoms with Crippen LogP contribution in [-0.2, 0) is 0 Å². The quantitative estimate of drug-likeness (QED) is 0.583. The maximum Gasteiger partial charge on any atom is 0.161 e. The van der Waals surface area contributed by atoms with E-state index in [9.17, 15) is 0 Å². The fraction of sp³-hybridized carbons (Fsp3) is 0.625. The first kappa shape index (κ1) is 16.4. The molecule has 0 aromatic heterocycles. The molecule has 3 heteroatoms. The highest BCUT2D eigenvalue weighted by atomic mass is 79.9. The van der Waals surface area contributed by atoms with Crippen LogP contribution in [0.3, 0.4) is 0 Å². The van der Waals surface area contributed by atoms with Crippen molar-refractivity contribution in [2.24, 2.45) is 0 Å². The number of rotatable bonds is 9. The average molecular weight is 329 g/mol. The summed E-state index contributed by atoms with van der Waals surface area (Å²) in [6.07, 6.45) is 3.14. The van der Waals surface area contributed by atoms with Crippen LogP contribution >= 0.6 is 15.9 Å². The van der Waals surface area contributed by atoms with Crippen molar-refractivity contribution in [1.82, 2.24) is 0 Å². The van der Waals surface area contributed by atoms with Gasteiger partial charge in [0.1, 0.15) is 0 Å². The second-order valence-electron chi connectivity index (χ2n) is 4.78. The van der Waals surface area contributed by atoms with E-state index in [0.29, 0.717) is 5.92 Å². The highest BCUT2D eigenvalue weighted by Crippen LogP contribution is 2.32. The molecule has 0 spiro atoms. The number of ether oxygens (including phenoxy) is 2. The topological polar surface area (TPSA) is 18.5 Å². The Labute approximate surface area is 125 Å². The molecule has 0 aliphatic heterocycles. The summed E-state index contributed by atoms with van der Waals surface area (Å²) < 4.78 is 11.6. The normalized spacial score (nSPS) is 12.2. The zero-order valence-corrected chi connectivity index (χ0v) is 13.8. The lowest BCUT2D eigenvalue weighted by molar-refractivity contribution is 0.268. The molecule has 0 bridgehead atoms. The molecule has 0 saturated carbocycles. The highest BCUT2D eigenvalue weighted by molar-refractivity contribution is 9.09. The number of benzene rings is 1. The van der Waals surface area contributed by atoms with Crippen LogP contribution in [0.1, 0.15) is 51.5 Å². The Morgan fingerprint density at radius 2 is 1.68 bits per heavy atom. The summed E-state index contributed by atoms with van der Waals surface area (Å²) in [5, 5.41) is 1.02. The van der Waals surface area contributed by atoms with Gasteiger partial charge in [0, 0.05) is 5.33 Å². The third-order valence-electron chi connectivity index (χ3n) is 3.00. The standard InChI is InChI=1S/C16H25BrO2/c1-4-10-18-15-7-6-14(13(3)8-9-17)12-16(15)19-11-5-2/h6-7,12-13H,4-5,8-11H2,1-3H3. The third kappa shape index (κ3) is 5.43. The minimum absolute atomic E-state index is 0.531. The van der Waals surface area contributed by atoms with Crippen LogP contribution in [-0.4, -0.2) is 18.5 Å². The summed E-state index contributed by atoms with van der Waals surface area (Å²) in [5.74, 6) is 2.28. The van der Waals surface area contributed by atoms with Crippen LogP contribution in [0.2, 0.25) is 0 Å². The van der Waals surface area contributed by atoms with Gasteiger partial charge in [0.25, 0.3) is 0 Å². The lowest BCUT2D eigenvalue weighted by atomic mass is 9.98. The summed E-state index contributed by atoms with van der Waals surface area (Å²) in [5.41, 5.74) is 1.31. The first-order valence-electron chi connectivity index (χ1n) is 7.18. The molecule has 1 atom stereocenters. The molecule has 0 radical (unpaired) electrons. The van der Waals surface area contributed by atoms with Crippen LogP contribution in [0.4, 0.5) is 0 Å². The second-order valence-corrected chi connectivity index (χ2v) is 5.57. The molecular formula is C16H25BrO2. The molecule has 1 aromatic carbocycles. The van der Waals surface area contributed by atoms with Gasteiger partial charge < -0.3 is 9.47 Å². The van der Waals surface area contributed by atoms with Crippen molar-refractivity contribution in [3.05, 3.63) is 23.8 Å². The number of hydrogen-bond donors (Lipinski definition) is 0.